The van der Waals surface area contributed by atoms with E-state index in [-0.39, 0.29) is 5.54 Å². The summed E-state index contributed by atoms with van der Waals surface area (Å²) in [6.45, 7) is 5.89. The largest absolute Gasteiger partial charge is 0.354 e. The maximum absolute atomic E-state index is 5.37. The van der Waals surface area contributed by atoms with Gasteiger partial charge < -0.3 is 5.32 Å². The van der Waals surface area contributed by atoms with Crippen molar-refractivity contribution in [3.63, 3.8) is 0 Å². The minimum absolute atomic E-state index is 0.368. The predicted octanol–water partition coefficient (Wildman–Crippen LogP) is 2.98. The summed E-state index contributed by atoms with van der Waals surface area (Å²) >= 11 is 3.40. The van der Waals surface area contributed by atoms with Crippen LogP contribution in [0.4, 0.5) is 5.82 Å². The van der Waals surface area contributed by atoms with Crippen LogP contribution in [0, 0.1) is 19.3 Å². The number of nitrogens with zero attached hydrogens (tertiary/aromatic N) is 1. The number of pyridine rings is 1. The Morgan fingerprint density at radius 3 is 2.71 bits per heavy atom. The van der Waals surface area contributed by atoms with E-state index in [4.69, 9.17) is 6.42 Å². The average molecular weight is 253 g/mol. The van der Waals surface area contributed by atoms with Gasteiger partial charge in [-0.05, 0) is 48.3 Å². The van der Waals surface area contributed by atoms with Crippen molar-refractivity contribution in [3.8, 4) is 12.3 Å². The zero-order valence-electron chi connectivity index (χ0n) is 8.56. The number of hydrogen-bond donors (Lipinski definition) is 1. The quantitative estimate of drug-likeness (QED) is 0.819. The van der Waals surface area contributed by atoms with Crippen LogP contribution in [-0.2, 0) is 0 Å². The maximum Gasteiger partial charge on any atom is 0.127 e. The Morgan fingerprint density at radius 1 is 1.57 bits per heavy atom. The van der Waals surface area contributed by atoms with Gasteiger partial charge in [-0.1, -0.05) is 5.92 Å². The van der Waals surface area contributed by atoms with Crippen molar-refractivity contribution in [1.29, 1.82) is 0 Å². The maximum atomic E-state index is 5.37. The Balaban J connectivity index is 2.90. The van der Waals surface area contributed by atoms with Crippen LogP contribution in [-0.4, -0.2) is 10.5 Å². The van der Waals surface area contributed by atoms with Gasteiger partial charge in [-0.25, -0.2) is 4.98 Å². The predicted molar refractivity (Wildman–Crippen MR) is 63.2 cm³/mol. The Labute approximate surface area is 93.3 Å². The molecular weight excluding hydrogens is 240 g/mol. The second-order valence-electron chi connectivity index (χ2n) is 3.71. The standard InChI is InChI=1S/C11H13BrN2/c1-5-11(3,4)14-10-6-8(2)9(12)7-13-10/h1,6-7H,2-4H3,(H,13,14). The summed E-state index contributed by atoms with van der Waals surface area (Å²) in [4.78, 5) is 4.22. The number of aryl methyl sites for hydroxylation is 1. The van der Waals surface area contributed by atoms with Crippen LogP contribution in [0.5, 0.6) is 0 Å². The SMILES string of the molecule is C#CC(C)(C)Nc1cc(C)c(Br)cn1. The highest BCUT2D eigenvalue weighted by Gasteiger charge is 2.13. The van der Waals surface area contributed by atoms with E-state index in [1.165, 1.54) is 0 Å². The fourth-order valence-electron chi connectivity index (χ4n) is 0.964. The van der Waals surface area contributed by atoms with E-state index in [0.717, 1.165) is 15.9 Å². The smallest absolute Gasteiger partial charge is 0.127 e. The second-order valence-corrected chi connectivity index (χ2v) is 4.57. The lowest BCUT2D eigenvalue weighted by molar-refractivity contribution is 0.735. The lowest BCUT2D eigenvalue weighted by atomic mass is 10.1. The molecule has 0 fully saturated rings. The van der Waals surface area contributed by atoms with Gasteiger partial charge >= 0.3 is 0 Å². The van der Waals surface area contributed by atoms with E-state index in [2.05, 4.69) is 32.2 Å². The molecule has 0 aliphatic heterocycles. The third kappa shape index (κ3) is 2.74. The Morgan fingerprint density at radius 2 is 2.21 bits per heavy atom. The number of anilines is 1. The lowest BCUT2D eigenvalue weighted by Gasteiger charge is -2.20. The number of aromatic nitrogens is 1. The van der Waals surface area contributed by atoms with Crippen molar-refractivity contribution >= 4 is 21.7 Å². The van der Waals surface area contributed by atoms with Crippen LogP contribution in [0.3, 0.4) is 0 Å². The van der Waals surface area contributed by atoms with Crippen LogP contribution < -0.4 is 5.32 Å². The average Bonchev–Trinajstić information content (AvgIpc) is 2.11. The number of terminal acetylenes is 1. The van der Waals surface area contributed by atoms with E-state index in [1.54, 1.807) is 6.20 Å². The minimum Gasteiger partial charge on any atom is -0.354 e. The van der Waals surface area contributed by atoms with Crippen molar-refractivity contribution in [3.05, 3.63) is 22.3 Å². The molecule has 1 aromatic rings. The molecule has 0 aliphatic rings. The van der Waals surface area contributed by atoms with Crippen LogP contribution in [0.2, 0.25) is 0 Å². The topological polar surface area (TPSA) is 24.9 Å². The van der Waals surface area contributed by atoms with Crippen LogP contribution in [0.1, 0.15) is 19.4 Å². The fourth-order valence-corrected chi connectivity index (χ4v) is 1.18. The summed E-state index contributed by atoms with van der Waals surface area (Å²) < 4.78 is 1.00. The van der Waals surface area contributed by atoms with Crippen molar-refractivity contribution in [2.75, 3.05) is 5.32 Å². The van der Waals surface area contributed by atoms with Gasteiger partial charge in [0.15, 0.2) is 0 Å². The first-order valence-corrected chi connectivity index (χ1v) is 5.12. The van der Waals surface area contributed by atoms with E-state index in [9.17, 15) is 0 Å². The molecule has 1 N–H and O–H groups in total. The highest BCUT2D eigenvalue weighted by atomic mass is 79.9. The molecule has 3 heteroatoms. The Kier molecular flexibility index (Phi) is 3.17. The summed E-state index contributed by atoms with van der Waals surface area (Å²) in [5.41, 5.74) is 0.767. The summed E-state index contributed by atoms with van der Waals surface area (Å²) in [6, 6.07) is 1.96. The minimum atomic E-state index is -0.368. The van der Waals surface area contributed by atoms with Gasteiger partial charge in [-0.3, -0.25) is 0 Å². The molecule has 0 aromatic carbocycles. The van der Waals surface area contributed by atoms with Crippen LogP contribution >= 0.6 is 15.9 Å². The molecule has 0 amide bonds. The molecule has 74 valence electrons. The molecule has 1 heterocycles. The second kappa shape index (κ2) is 4.02. The van der Waals surface area contributed by atoms with E-state index >= 15 is 0 Å². The summed E-state index contributed by atoms with van der Waals surface area (Å²) in [5, 5.41) is 3.17. The van der Waals surface area contributed by atoms with Crippen molar-refractivity contribution in [2.24, 2.45) is 0 Å². The van der Waals surface area contributed by atoms with E-state index < -0.39 is 0 Å². The fraction of sp³-hybridized carbons (Fsp3) is 0.364. The molecule has 0 spiro atoms. The third-order valence-electron chi connectivity index (χ3n) is 1.85. The molecule has 0 aliphatic carbocycles. The van der Waals surface area contributed by atoms with Gasteiger partial charge in [0.05, 0.1) is 5.54 Å². The van der Waals surface area contributed by atoms with Gasteiger partial charge in [-0.15, -0.1) is 6.42 Å². The molecule has 1 aromatic heterocycles. The molecule has 0 saturated carbocycles. The molecule has 14 heavy (non-hydrogen) atoms. The molecule has 0 saturated heterocycles. The number of rotatable bonds is 2. The van der Waals surface area contributed by atoms with Crippen molar-refractivity contribution < 1.29 is 0 Å². The van der Waals surface area contributed by atoms with Gasteiger partial charge in [0.25, 0.3) is 0 Å². The normalized spacial score (nSPS) is 10.8. The van der Waals surface area contributed by atoms with Crippen molar-refractivity contribution in [2.45, 2.75) is 26.3 Å². The van der Waals surface area contributed by atoms with E-state index in [0.29, 0.717) is 0 Å². The highest BCUT2D eigenvalue weighted by molar-refractivity contribution is 9.10. The zero-order chi connectivity index (χ0) is 10.8. The molecule has 0 unspecified atom stereocenters. The van der Waals surface area contributed by atoms with Crippen LogP contribution in [0.25, 0.3) is 0 Å². The van der Waals surface area contributed by atoms with Crippen molar-refractivity contribution in [1.82, 2.24) is 4.98 Å². The summed E-state index contributed by atoms with van der Waals surface area (Å²) in [6.07, 6.45) is 7.14. The molecule has 1 rings (SSSR count). The van der Waals surface area contributed by atoms with E-state index in [1.807, 2.05) is 26.8 Å². The van der Waals surface area contributed by atoms with Gasteiger partial charge in [-0.2, -0.15) is 0 Å². The lowest BCUT2D eigenvalue weighted by Crippen LogP contribution is -2.28. The summed E-state index contributed by atoms with van der Waals surface area (Å²) in [7, 11) is 0. The molecule has 0 radical (unpaired) electrons. The molecule has 2 nitrogen and oxygen atoms in total. The zero-order valence-corrected chi connectivity index (χ0v) is 10.1. The van der Waals surface area contributed by atoms with Gasteiger partial charge in [0.2, 0.25) is 0 Å². The number of nitrogens with one attached hydrogen (secondary N) is 1. The Hall–Kier alpha value is -1.01. The third-order valence-corrected chi connectivity index (χ3v) is 2.68. The summed E-state index contributed by atoms with van der Waals surface area (Å²) in [5.74, 6) is 3.46. The molecule has 0 atom stereocenters. The number of hydrogen-bond acceptors (Lipinski definition) is 2. The number of halogens is 1. The molecular formula is C11H13BrN2. The molecule has 0 bridgehead atoms. The van der Waals surface area contributed by atoms with Gasteiger partial charge in [0, 0.05) is 10.7 Å². The Bertz CT molecular complexity index is 377. The monoisotopic (exact) mass is 252 g/mol. The first-order valence-electron chi connectivity index (χ1n) is 4.33. The van der Waals surface area contributed by atoms with Gasteiger partial charge in [0.1, 0.15) is 5.82 Å². The first kappa shape index (κ1) is 11.1. The van der Waals surface area contributed by atoms with Crippen LogP contribution in [0.15, 0.2) is 16.7 Å². The highest BCUT2D eigenvalue weighted by Crippen LogP contribution is 2.19. The first-order chi connectivity index (χ1) is 6.44.